The van der Waals surface area contributed by atoms with Crippen molar-refractivity contribution in [3.05, 3.63) is 47.2 Å². The maximum absolute atomic E-state index is 13.1. The minimum atomic E-state index is -4.45. The summed E-state index contributed by atoms with van der Waals surface area (Å²) in [6.45, 7) is 2.28. The van der Waals surface area contributed by atoms with E-state index in [0.29, 0.717) is 30.5 Å². The number of nitrogens with zero attached hydrogens (tertiary/aromatic N) is 3. The van der Waals surface area contributed by atoms with E-state index < -0.39 is 11.7 Å². The van der Waals surface area contributed by atoms with E-state index in [2.05, 4.69) is 30.8 Å². The van der Waals surface area contributed by atoms with Gasteiger partial charge in [0.25, 0.3) is 0 Å². The van der Waals surface area contributed by atoms with E-state index in [9.17, 15) is 13.2 Å². The number of halogens is 3. The Hall–Kier alpha value is -3.14. The van der Waals surface area contributed by atoms with Crippen LogP contribution in [0.25, 0.3) is 11.4 Å². The van der Waals surface area contributed by atoms with E-state index in [1.807, 2.05) is 6.92 Å². The molecule has 0 saturated carbocycles. The minimum Gasteiger partial charge on any atom is -0.384 e. The molecule has 0 amide bonds. The fourth-order valence-corrected chi connectivity index (χ4v) is 2.80. The minimum absolute atomic E-state index is 0.163. The quantitative estimate of drug-likeness (QED) is 0.546. The third kappa shape index (κ3) is 4.83. The second-order valence-electron chi connectivity index (χ2n) is 6.36. The molecule has 0 saturated heterocycles. The number of methoxy groups -OCH3 is 1. The van der Waals surface area contributed by atoms with Gasteiger partial charge in [-0.1, -0.05) is 12.1 Å². The first-order chi connectivity index (χ1) is 13.8. The number of aromatic amines is 1. The zero-order chi connectivity index (χ0) is 21.0. The molecule has 2 heterocycles. The fourth-order valence-electron chi connectivity index (χ4n) is 2.80. The number of alkyl halides is 3. The van der Waals surface area contributed by atoms with E-state index in [1.54, 1.807) is 26.3 Å². The van der Waals surface area contributed by atoms with E-state index >= 15 is 0 Å². The maximum atomic E-state index is 13.1. The monoisotopic (exact) mass is 406 g/mol. The number of aryl methyl sites for hydroxylation is 1. The van der Waals surface area contributed by atoms with Gasteiger partial charge in [-0.2, -0.15) is 18.3 Å². The zero-order valence-corrected chi connectivity index (χ0v) is 16.2. The summed E-state index contributed by atoms with van der Waals surface area (Å²) >= 11 is 0. The Morgan fingerprint density at radius 3 is 2.52 bits per heavy atom. The Kier molecular flexibility index (Phi) is 6.02. The molecule has 0 radical (unpaired) electrons. The van der Waals surface area contributed by atoms with Gasteiger partial charge >= 0.3 is 6.18 Å². The first kappa shape index (κ1) is 20.6. The Balaban J connectivity index is 2.10. The van der Waals surface area contributed by atoms with E-state index in [0.717, 1.165) is 23.4 Å². The van der Waals surface area contributed by atoms with Gasteiger partial charge < -0.3 is 15.4 Å². The molecule has 0 fully saturated rings. The second-order valence-corrected chi connectivity index (χ2v) is 6.36. The summed E-state index contributed by atoms with van der Waals surface area (Å²) in [6, 6.07) is 6.73. The number of aromatic nitrogens is 4. The lowest BCUT2D eigenvalue weighted by Crippen LogP contribution is -2.10. The summed E-state index contributed by atoms with van der Waals surface area (Å²) in [5.74, 6) is 1.65. The normalized spacial score (nSPS) is 11.5. The van der Waals surface area contributed by atoms with Crippen molar-refractivity contribution in [2.75, 3.05) is 31.4 Å². The van der Waals surface area contributed by atoms with Gasteiger partial charge in [0.15, 0.2) is 11.6 Å². The average molecular weight is 406 g/mol. The molecule has 0 aliphatic rings. The molecular weight excluding hydrogens is 385 g/mol. The number of benzene rings is 1. The second kappa shape index (κ2) is 8.48. The van der Waals surface area contributed by atoms with Crippen LogP contribution >= 0.6 is 0 Å². The summed E-state index contributed by atoms with van der Waals surface area (Å²) in [5, 5.41) is 13.1. The zero-order valence-electron chi connectivity index (χ0n) is 16.2. The van der Waals surface area contributed by atoms with Crippen LogP contribution in [0.2, 0.25) is 0 Å². The van der Waals surface area contributed by atoms with Crippen molar-refractivity contribution >= 4 is 17.5 Å². The number of hydrogen-bond acceptors (Lipinski definition) is 6. The fraction of sp³-hybridized carbons (Fsp3) is 0.316. The van der Waals surface area contributed by atoms with Crippen LogP contribution in [0.4, 0.5) is 30.6 Å². The van der Waals surface area contributed by atoms with Crippen molar-refractivity contribution in [3.8, 4) is 11.4 Å². The molecule has 29 heavy (non-hydrogen) atoms. The Bertz CT molecular complexity index is 986. The highest BCUT2D eigenvalue weighted by molar-refractivity contribution is 5.69. The van der Waals surface area contributed by atoms with E-state index in [-0.39, 0.29) is 11.4 Å². The maximum Gasteiger partial charge on any atom is 0.416 e. The van der Waals surface area contributed by atoms with Crippen LogP contribution in [-0.4, -0.2) is 40.9 Å². The Morgan fingerprint density at radius 1 is 1.14 bits per heavy atom. The predicted molar refractivity (Wildman–Crippen MR) is 104 cm³/mol. The third-order valence-corrected chi connectivity index (χ3v) is 4.20. The predicted octanol–water partition coefficient (Wildman–Crippen LogP) is 4.17. The van der Waals surface area contributed by atoms with Gasteiger partial charge in [0.1, 0.15) is 11.6 Å². The smallest absolute Gasteiger partial charge is 0.384 e. The van der Waals surface area contributed by atoms with Gasteiger partial charge in [0.05, 0.1) is 12.2 Å². The highest BCUT2D eigenvalue weighted by Gasteiger charge is 2.30. The van der Waals surface area contributed by atoms with Crippen LogP contribution in [0, 0.1) is 6.92 Å². The highest BCUT2D eigenvalue weighted by atomic mass is 19.4. The van der Waals surface area contributed by atoms with Crippen LogP contribution in [-0.2, 0) is 17.3 Å². The molecule has 1 aromatic carbocycles. The van der Waals surface area contributed by atoms with Gasteiger partial charge in [0.2, 0.25) is 0 Å². The van der Waals surface area contributed by atoms with Crippen LogP contribution < -0.4 is 10.6 Å². The van der Waals surface area contributed by atoms with Gasteiger partial charge in [-0.25, -0.2) is 9.97 Å². The molecule has 0 atom stereocenters. The topological polar surface area (TPSA) is 87.8 Å². The van der Waals surface area contributed by atoms with Crippen LogP contribution in [0.3, 0.4) is 0 Å². The van der Waals surface area contributed by atoms with Crippen LogP contribution in [0.15, 0.2) is 30.3 Å². The van der Waals surface area contributed by atoms with Crippen molar-refractivity contribution < 1.29 is 17.9 Å². The first-order valence-electron chi connectivity index (χ1n) is 8.86. The van der Waals surface area contributed by atoms with Gasteiger partial charge in [0, 0.05) is 43.5 Å². The Labute approximate surface area is 165 Å². The van der Waals surface area contributed by atoms with Crippen molar-refractivity contribution in [2.24, 2.45) is 0 Å². The number of anilines is 3. The highest BCUT2D eigenvalue weighted by Crippen LogP contribution is 2.33. The summed E-state index contributed by atoms with van der Waals surface area (Å²) in [4.78, 5) is 8.92. The molecule has 0 aliphatic carbocycles. The molecule has 10 heteroatoms. The van der Waals surface area contributed by atoms with Crippen LogP contribution in [0.5, 0.6) is 0 Å². The molecule has 3 N–H and O–H groups in total. The first-order valence-corrected chi connectivity index (χ1v) is 8.86. The molecular formula is C19H21F3N6O. The molecule has 154 valence electrons. The van der Waals surface area contributed by atoms with Gasteiger partial charge in [-0.3, -0.25) is 5.10 Å². The lowest BCUT2D eigenvalue weighted by atomic mass is 10.1. The Morgan fingerprint density at radius 2 is 1.90 bits per heavy atom. The number of nitrogens with one attached hydrogen (secondary N) is 3. The molecule has 0 spiro atoms. The van der Waals surface area contributed by atoms with Crippen molar-refractivity contribution in [1.82, 2.24) is 20.2 Å². The lowest BCUT2D eigenvalue weighted by Gasteiger charge is -2.16. The SMILES string of the molecule is CNc1nc(-c2cccc(C(F)(F)F)c2)nc(Nc2cc(C)[nH]n2)c1CCOC. The standard InChI is InChI=1S/C19H21F3N6O/c1-11-9-15(28-27-11)24-18-14(7-8-29-3)17(23-2)25-16(26-18)12-5-4-6-13(10-12)19(20,21)22/h4-6,9-10H,7-8H2,1-3H3,(H3,23,24,25,26,27,28). The average Bonchev–Trinajstić information content (AvgIpc) is 3.10. The molecule has 0 unspecified atom stereocenters. The molecule has 3 aromatic rings. The van der Waals surface area contributed by atoms with Gasteiger partial charge in [-0.05, 0) is 19.1 Å². The molecule has 0 bridgehead atoms. The largest absolute Gasteiger partial charge is 0.416 e. The molecule has 3 rings (SSSR count). The van der Waals surface area contributed by atoms with E-state index in [1.165, 1.54) is 6.07 Å². The van der Waals surface area contributed by atoms with Crippen molar-refractivity contribution in [1.29, 1.82) is 0 Å². The van der Waals surface area contributed by atoms with Crippen molar-refractivity contribution in [3.63, 3.8) is 0 Å². The number of hydrogen-bond donors (Lipinski definition) is 3. The number of H-pyrrole nitrogens is 1. The van der Waals surface area contributed by atoms with E-state index in [4.69, 9.17) is 4.74 Å². The summed E-state index contributed by atoms with van der Waals surface area (Å²) in [7, 11) is 3.28. The van der Waals surface area contributed by atoms with Gasteiger partial charge in [-0.15, -0.1) is 0 Å². The molecule has 7 nitrogen and oxygen atoms in total. The summed E-state index contributed by atoms with van der Waals surface area (Å²) in [5.41, 5.74) is 1.10. The molecule has 0 aliphatic heterocycles. The summed E-state index contributed by atoms with van der Waals surface area (Å²) in [6.07, 6.45) is -3.95. The number of ether oxygens (including phenoxy) is 1. The van der Waals surface area contributed by atoms with Crippen molar-refractivity contribution in [2.45, 2.75) is 19.5 Å². The number of rotatable bonds is 7. The van der Waals surface area contributed by atoms with Crippen LogP contribution in [0.1, 0.15) is 16.8 Å². The molecule has 2 aromatic heterocycles. The lowest BCUT2D eigenvalue weighted by molar-refractivity contribution is -0.137. The summed E-state index contributed by atoms with van der Waals surface area (Å²) < 4.78 is 44.5. The third-order valence-electron chi connectivity index (χ3n) is 4.20.